The largest absolute Gasteiger partial charge is 0.354 e. The maximum absolute atomic E-state index is 15.4. The fourth-order valence-electron chi connectivity index (χ4n) is 3.68. The van der Waals surface area contributed by atoms with E-state index >= 15 is 8.78 Å². The van der Waals surface area contributed by atoms with E-state index in [0.29, 0.717) is 16.8 Å². The lowest BCUT2D eigenvalue weighted by molar-refractivity contribution is 0.112. The second-order valence-corrected chi connectivity index (χ2v) is 7.84. The molecule has 4 rings (SSSR count). The molecule has 0 saturated heterocycles. The van der Waals surface area contributed by atoms with Gasteiger partial charge in [0.2, 0.25) is 0 Å². The number of hydrogen-bond acceptors (Lipinski definition) is 3. The molecule has 164 valence electrons. The fourth-order valence-corrected chi connectivity index (χ4v) is 3.68. The molecule has 0 aliphatic heterocycles. The second-order valence-electron chi connectivity index (χ2n) is 7.84. The minimum atomic E-state index is -0.778. The first-order valence-corrected chi connectivity index (χ1v) is 10.4. The van der Waals surface area contributed by atoms with Crippen LogP contribution in [0.25, 0.3) is 22.3 Å². The zero-order chi connectivity index (χ0) is 23.5. The first kappa shape index (κ1) is 22.1. The van der Waals surface area contributed by atoms with Crippen LogP contribution in [-0.2, 0) is 0 Å². The van der Waals surface area contributed by atoms with Crippen LogP contribution in [0.15, 0.2) is 77.8 Å². The molecule has 0 bridgehead atoms. The number of aryl methyl sites for hydroxylation is 2. The maximum atomic E-state index is 15.4. The first-order chi connectivity index (χ1) is 15.9. The van der Waals surface area contributed by atoms with Crippen molar-refractivity contribution < 1.29 is 13.6 Å². The quantitative estimate of drug-likeness (QED) is 0.245. The maximum Gasteiger partial charge on any atom is 0.161 e. The third-order valence-corrected chi connectivity index (χ3v) is 5.69. The van der Waals surface area contributed by atoms with Gasteiger partial charge in [-0.15, -0.1) is 0 Å². The minimum absolute atomic E-state index is 0.0434. The van der Waals surface area contributed by atoms with Crippen LogP contribution >= 0.6 is 0 Å². The summed E-state index contributed by atoms with van der Waals surface area (Å²) < 4.78 is 30.5. The summed E-state index contributed by atoms with van der Waals surface area (Å²) in [4.78, 5) is 14.7. The van der Waals surface area contributed by atoms with E-state index in [-0.39, 0.29) is 16.9 Å². The van der Waals surface area contributed by atoms with Gasteiger partial charge in [-0.05, 0) is 60.5 Å². The summed E-state index contributed by atoms with van der Waals surface area (Å²) in [7, 11) is 0. The molecule has 4 aromatic rings. The molecule has 0 spiro atoms. The zero-order valence-electron chi connectivity index (χ0n) is 18.3. The number of rotatable bonds is 6. The van der Waals surface area contributed by atoms with Crippen molar-refractivity contribution in [3.63, 3.8) is 0 Å². The molecule has 0 fully saturated rings. The van der Waals surface area contributed by atoms with E-state index in [4.69, 9.17) is 0 Å². The molecule has 0 heterocycles. The third-order valence-electron chi connectivity index (χ3n) is 5.69. The van der Waals surface area contributed by atoms with Crippen molar-refractivity contribution in [1.82, 2.24) is 0 Å². The van der Waals surface area contributed by atoms with E-state index in [9.17, 15) is 4.79 Å². The van der Waals surface area contributed by atoms with Crippen molar-refractivity contribution in [2.75, 3.05) is 5.32 Å². The van der Waals surface area contributed by atoms with Crippen molar-refractivity contribution in [2.45, 2.75) is 13.8 Å². The predicted octanol–water partition coefficient (Wildman–Crippen LogP) is 7.80. The Morgan fingerprint density at radius 2 is 1.42 bits per heavy atom. The number of nitrogens with zero attached hydrogens (tertiary/aromatic N) is 1. The Labute approximate surface area is 191 Å². The average molecular weight is 440 g/mol. The lowest BCUT2D eigenvalue weighted by atomic mass is 9.98. The molecule has 4 aromatic carbocycles. The molecule has 1 N–H and O–H groups in total. The number of halogens is 2. The van der Waals surface area contributed by atoms with Crippen LogP contribution in [0, 0.1) is 25.5 Å². The van der Waals surface area contributed by atoms with Crippen LogP contribution in [0.4, 0.5) is 25.8 Å². The Kier molecular flexibility index (Phi) is 6.13. The van der Waals surface area contributed by atoms with E-state index in [1.807, 2.05) is 44.2 Å². The van der Waals surface area contributed by atoms with Crippen LogP contribution in [-0.4, -0.2) is 13.0 Å². The number of aldehydes is 1. The van der Waals surface area contributed by atoms with E-state index in [1.54, 1.807) is 36.4 Å². The summed E-state index contributed by atoms with van der Waals surface area (Å²) in [5.41, 5.74) is 5.63. The van der Waals surface area contributed by atoms with Crippen molar-refractivity contribution in [2.24, 2.45) is 4.99 Å². The molecular weight excluding hydrogens is 418 g/mol. The highest BCUT2D eigenvalue weighted by Crippen LogP contribution is 2.39. The van der Waals surface area contributed by atoms with Gasteiger partial charge >= 0.3 is 0 Å². The smallest absolute Gasteiger partial charge is 0.161 e. The molecule has 0 aliphatic rings. The number of nitrogens with one attached hydrogen (secondary N) is 1. The van der Waals surface area contributed by atoms with Gasteiger partial charge in [0, 0.05) is 17.3 Å². The molecule has 33 heavy (non-hydrogen) atoms. The normalized spacial score (nSPS) is 10.7. The molecule has 0 radical (unpaired) electrons. The molecule has 0 aliphatic carbocycles. The lowest BCUT2D eigenvalue weighted by Gasteiger charge is -2.15. The van der Waals surface area contributed by atoms with Gasteiger partial charge in [0.1, 0.15) is 17.8 Å². The molecule has 0 saturated carbocycles. The minimum Gasteiger partial charge on any atom is -0.354 e. The van der Waals surface area contributed by atoms with Crippen molar-refractivity contribution >= 4 is 30.1 Å². The average Bonchev–Trinajstić information content (AvgIpc) is 2.82. The molecule has 0 unspecified atom stereocenters. The van der Waals surface area contributed by atoms with Gasteiger partial charge in [-0.25, -0.2) is 8.78 Å². The molecule has 0 aromatic heterocycles. The molecule has 5 heteroatoms. The van der Waals surface area contributed by atoms with Crippen LogP contribution < -0.4 is 5.32 Å². The topological polar surface area (TPSA) is 41.5 Å². The number of carbonyl (C=O) groups excluding carboxylic acids is 1. The predicted molar refractivity (Wildman–Crippen MR) is 131 cm³/mol. The van der Waals surface area contributed by atoms with Crippen LogP contribution in [0.5, 0.6) is 0 Å². The Balaban J connectivity index is 1.69. The van der Waals surface area contributed by atoms with E-state index in [0.717, 1.165) is 28.5 Å². The number of anilines is 2. The summed E-state index contributed by atoms with van der Waals surface area (Å²) in [5, 5.41) is 3.05. The number of carbonyl (C=O) groups is 1. The standard InChI is InChI=1S/C28H22F2N2O/c1-17-4-13-23(14-18(17)2)32-25-15-24(29)26(27(30)28(25)31-3)22-11-9-21(10-12-22)20-7-5-19(16-33)6-8-20/h4-16,32H,3H2,1-2H3. The Bertz CT molecular complexity index is 1340. The fraction of sp³-hybridized carbons (Fsp3) is 0.0714. The van der Waals surface area contributed by atoms with Crippen molar-refractivity contribution in [3.05, 3.63) is 101 Å². The van der Waals surface area contributed by atoms with Crippen LogP contribution in [0.3, 0.4) is 0 Å². The lowest BCUT2D eigenvalue weighted by Crippen LogP contribution is -1.98. The highest BCUT2D eigenvalue weighted by molar-refractivity contribution is 5.82. The number of hydrogen-bond donors (Lipinski definition) is 1. The second kappa shape index (κ2) is 9.17. The van der Waals surface area contributed by atoms with Crippen LogP contribution in [0.2, 0.25) is 0 Å². The van der Waals surface area contributed by atoms with Gasteiger partial charge in [-0.1, -0.05) is 54.6 Å². The van der Waals surface area contributed by atoms with Gasteiger partial charge in [0.05, 0.1) is 11.3 Å². The van der Waals surface area contributed by atoms with E-state index in [1.165, 1.54) is 6.07 Å². The van der Waals surface area contributed by atoms with Gasteiger partial charge in [0.25, 0.3) is 0 Å². The molecule has 3 nitrogen and oxygen atoms in total. The SMILES string of the molecule is C=Nc1c(Nc2ccc(C)c(C)c2)cc(F)c(-c2ccc(-c3ccc(C=O)cc3)cc2)c1F. The summed E-state index contributed by atoms with van der Waals surface area (Å²) in [6.45, 7) is 7.45. The van der Waals surface area contributed by atoms with Gasteiger partial charge in [-0.2, -0.15) is 0 Å². The zero-order valence-corrected chi connectivity index (χ0v) is 18.3. The van der Waals surface area contributed by atoms with Gasteiger partial charge in [0.15, 0.2) is 5.82 Å². The summed E-state index contributed by atoms with van der Waals surface area (Å²) in [6, 6.07) is 20.9. The van der Waals surface area contributed by atoms with Crippen molar-refractivity contribution in [1.29, 1.82) is 0 Å². The van der Waals surface area contributed by atoms with E-state index < -0.39 is 11.6 Å². The first-order valence-electron chi connectivity index (χ1n) is 10.4. The van der Waals surface area contributed by atoms with Gasteiger partial charge in [-0.3, -0.25) is 9.79 Å². The van der Waals surface area contributed by atoms with E-state index in [2.05, 4.69) is 17.0 Å². The summed E-state index contributed by atoms with van der Waals surface area (Å²) in [5.74, 6) is -1.48. The Morgan fingerprint density at radius 1 is 0.818 bits per heavy atom. The molecule has 0 atom stereocenters. The highest BCUT2D eigenvalue weighted by Gasteiger charge is 2.20. The number of aliphatic imine (C=N–C) groups is 1. The summed E-state index contributed by atoms with van der Waals surface area (Å²) in [6.07, 6.45) is 0.780. The third kappa shape index (κ3) is 4.44. The molecular formula is C28H22F2N2O. The summed E-state index contributed by atoms with van der Waals surface area (Å²) >= 11 is 0. The molecule has 0 amide bonds. The highest BCUT2D eigenvalue weighted by atomic mass is 19.1. The Hall–Kier alpha value is -4.12. The van der Waals surface area contributed by atoms with Crippen LogP contribution in [0.1, 0.15) is 21.5 Å². The number of benzene rings is 4. The monoisotopic (exact) mass is 440 g/mol. The Morgan fingerprint density at radius 3 is 2.00 bits per heavy atom. The van der Waals surface area contributed by atoms with Crippen molar-refractivity contribution in [3.8, 4) is 22.3 Å². The van der Waals surface area contributed by atoms with Gasteiger partial charge < -0.3 is 5.32 Å².